The van der Waals surface area contributed by atoms with E-state index >= 15 is 0 Å². The van der Waals surface area contributed by atoms with E-state index in [0.29, 0.717) is 10.6 Å². The highest BCUT2D eigenvalue weighted by Crippen LogP contribution is 2.51. The van der Waals surface area contributed by atoms with Crippen LogP contribution >= 0.6 is 11.6 Å². The molecule has 1 aromatic carbocycles. The Hall–Kier alpha value is -1.16. The first kappa shape index (κ1) is 13.3. The van der Waals surface area contributed by atoms with Crippen molar-refractivity contribution in [1.82, 2.24) is 0 Å². The van der Waals surface area contributed by atoms with Crippen LogP contribution in [0.1, 0.15) is 31.2 Å². The molecular weight excluding hydrogens is 262 g/mol. The van der Waals surface area contributed by atoms with E-state index in [1.165, 1.54) is 0 Å². The van der Waals surface area contributed by atoms with Gasteiger partial charge in [0, 0.05) is 23.3 Å². The van der Waals surface area contributed by atoms with Crippen LogP contribution in [0.25, 0.3) is 0 Å². The molecule has 2 rings (SSSR count). The Morgan fingerprint density at radius 1 is 1.28 bits per heavy atom. The number of aliphatic carboxylic acids is 1. The number of carboxylic acid groups (broad SMARTS) is 1. The number of carbonyl (C=O) groups is 1. The number of benzene rings is 1. The molecule has 0 spiro atoms. The monoisotopic (exact) mass is 274 g/mol. The van der Waals surface area contributed by atoms with E-state index < -0.39 is 23.7 Å². The summed E-state index contributed by atoms with van der Waals surface area (Å²) in [5, 5.41) is 9.46. The average molecular weight is 275 g/mol. The van der Waals surface area contributed by atoms with Crippen molar-refractivity contribution in [3.8, 4) is 0 Å². The summed E-state index contributed by atoms with van der Waals surface area (Å²) in [6.07, 6.45) is -0.755. The smallest absolute Gasteiger partial charge is 0.304 e. The number of hydrogen-bond donors (Lipinski definition) is 1. The zero-order valence-electron chi connectivity index (χ0n) is 9.63. The number of alkyl halides is 2. The van der Waals surface area contributed by atoms with Crippen LogP contribution in [0.3, 0.4) is 0 Å². The molecule has 0 amide bonds. The van der Waals surface area contributed by atoms with Gasteiger partial charge >= 0.3 is 5.97 Å². The highest BCUT2D eigenvalue weighted by molar-refractivity contribution is 6.30. The Labute approximate surface area is 109 Å². The third-order valence-electron chi connectivity index (χ3n) is 3.51. The summed E-state index contributed by atoms with van der Waals surface area (Å²) in [5.74, 6) is -3.84. The van der Waals surface area contributed by atoms with Crippen LogP contribution < -0.4 is 0 Å². The summed E-state index contributed by atoms with van der Waals surface area (Å²) in [6, 6.07) is 6.51. The van der Waals surface area contributed by atoms with Crippen molar-refractivity contribution in [3.63, 3.8) is 0 Å². The quantitative estimate of drug-likeness (QED) is 0.908. The molecule has 1 fully saturated rings. The lowest BCUT2D eigenvalue weighted by Crippen LogP contribution is -2.28. The molecule has 1 aliphatic carbocycles. The maximum absolute atomic E-state index is 13.4. The molecule has 0 aromatic heterocycles. The van der Waals surface area contributed by atoms with E-state index in [1.807, 2.05) is 0 Å². The molecule has 1 saturated carbocycles. The van der Waals surface area contributed by atoms with Crippen molar-refractivity contribution in [2.24, 2.45) is 0 Å². The molecule has 5 heteroatoms. The molecule has 2 nitrogen and oxygen atoms in total. The first-order valence-electron chi connectivity index (χ1n) is 5.69. The zero-order chi connectivity index (χ0) is 13.4. The summed E-state index contributed by atoms with van der Waals surface area (Å²) < 4.78 is 26.9. The van der Waals surface area contributed by atoms with Gasteiger partial charge in [-0.2, -0.15) is 0 Å². The highest BCUT2D eigenvalue weighted by atomic mass is 35.5. The van der Waals surface area contributed by atoms with Gasteiger partial charge in [0.2, 0.25) is 5.92 Å². The van der Waals surface area contributed by atoms with Crippen molar-refractivity contribution < 1.29 is 18.7 Å². The van der Waals surface area contributed by atoms with Crippen molar-refractivity contribution >= 4 is 17.6 Å². The molecule has 1 N–H and O–H groups in total. The highest BCUT2D eigenvalue weighted by Gasteiger charge is 2.51. The minimum absolute atomic E-state index is 0.188. The molecule has 0 bridgehead atoms. The first-order chi connectivity index (χ1) is 8.33. The van der Waals surface area contributed by atoms with Gasteiger partial charge in [0.15, 0.2) is 0 Å². The Morgan fingerprint density at radius 3 is 2.33 bits per heavy atom. The second kappa shape index (κ2) is 4.50. The standard InChI is InChI=1S/C13H13ClF2O2/c14-10-3-1-9(2-4-10)12(7-11(17)18)5-6-13(15,16)8-12/h1-4H,5-8H2,(H,17,18). The molecule has 0 heterocycles. The summed E-state index contributed by atoms with van der Waals surface area (Å²) in [4.78, 5) is 10.9. The molecule has 1 atom stereocenters. The van der Waals surface area contributed by atoms with Crippen LogP contribution in [0.2, 0.25) is 5.02 Å². The van der Waals surface area contributed by atoms with Gasteiger partial charge in [0.05, 0.1) is 6.42 Å². The number of hydrogen-bond acceptors (Lipinski definition) is 1. The van der Waals surface area contributed by atoms with Crippen molar-refractivity contribution in [2.45, 2.75) is 37.0 Å². The molecule has 0 saturated heterocycles. The first-order valence-corrected chi connectivity index (χ1v) is 6.07. The third kappa shape index (κ3) is 2.64. The van der Waals surface area contributed by atoms with Gasteiger partial charge in [-0.1, -0.05) is 23.7 Å². The lowest BCUT2D eigenvalue weighted by atomic mass is 9.76. The van der Waals surface area contributed by atoms with E-state index in [0.717, 1.165) is 0 Å². The van der Waals surface area contributed by atoms with Gasteiger partial charge < -0.3 is 5.11 Å². The minimum Gasteiger partial charge on any atom is -0.481 e. The SMILES string of the molecule is O=C(O)CC1(c2ccc(Cl)cc2)CCC(F)(F)C1. The molecule has 98 valence electrons. The van der Waals surface area contributed by atoms with Crippen LogP contribution in [-0.4, -0.2) is 17.0 Å². The number of rotatable bonds is 3. The topological polar surface area (TPSA) is 37.3 Å². The molecule has 0 radical (unpaired) electrons. The predicted molar refractivity (Wildman–Crippen MR) is 64.2 cm³/mol. The Morgan fingerprint density at radius 2 is 1.89 bits per heavy atom. The number of halogens is 3. The van der Waals surface area contributed by atoms with Crippen LogP contribution in [0.15, 0.2) is 24.3 Å². The van der Waals surface area contributed by atoms with E-state index in [9.17, 15) is 13.6 Å². The van der Waals surface area contributed by atoms with Gasteiger partial charge in [0.25, 0.3) is 0 Å². The molecule has 1 aliphatic rings. The second-order valence-electron chi connectivity index (χ2n) is 4.89. The number of carboxylic acids is 1. The molecule has 1 aromatic rings. The average Bonchev–Trinajstić information content (AvgIpc) is 2.55. The van der Waals surface area contributed by atoms with Crippen molar-refractivity contribution in [3.05, 3.63) is 34.9 Å². The zero-order valence-corrected chi connectivity index (χ0v) is 10.4. The van der Waals surface area contributed by atoms with Crippen LogP contribution in [-0.2, 0) is 10.2 Å². The van der Waals surface area contributed by atoms with Crippen molar-refractivity contribution in [1.29, 1.82) is 0 Å². The van der Waals surface area contributed by atoms with Gasteiger partial charge in [-0.15, -0.1) is 0 Å². The summed E-state index contributed by atoms with van der Waals surface area (Å²) in [6.45, 7) is 0. The van der Waals surface area contributed by atoms with Crippen LogP contribution in [0, 0.1) is 0 Å². The summed E-state index contributed by atoms with van der Waals surface area (Å²) >= 11 is 5.76. The lowest BCUT2D eigenvalue weighted by molar-refractivity contribution is -0.138. The van der Waals surface area contributed by atoms with E-state index in [2.05, 4.69) is 0 Å². The third-order valence-corrected chi connectivity index (χ3v) is 3.76. The fraction of sp³-hybridized carbons (Fsp3) is 0.462. The minimum atomic E-state index is -2.78. The van der Waals surface area contributed by atoms with E-state index in [-0.39, 0.29) is 19.3 Å². The summed E-state index contributed by atoms with van der Waals surface area (Å²) in [7, 11) is 0. The Kier molecular flexibility index (Phi) is 3.32. The van der Waals surface area contributed by atoms with Gasteiger partial charge in [-0.3, -0.25) is 4.79 Å². The van der Waals surface area contributed by atoms with Crippen LogP contribution in [0.5, 0.6) is 0 Å². The second-order valence-corrected chi connectivity index (χ2v) is 5.33. The Balaban J connectivity index is 2.37. The maximum atomic E-state index is 13.4. The largest absolute Gasteiger partial charge is 0.481 e. The lowest BCUT2D eigenvalue weighted by Gasteiger charge is -2.28. The summed E-state index contributed by atoms with van der Waals surface area (Å²) in [5.41, 5.74) is -0.341. The fourth-order valence-electron chi connectivity index (χ4n) is 2.69. The molecule has 18 heavy (non-hydrogen) atoms. The van der Waals surface area contributed by atoms with Crippen LogP contribution in [0.4, 0.5) is 8.78 Å². The van der Waals surface area contributed by atoms with Gasteiger partial charge in [0.1, 0.15) is 0 Å². The maximum Gasteiger partial charge on any atom is 0.304 e. The predicted octanol–water partition coefficient (Wildman–Crippen LogP) is 3.87. The molecular formula is C13H13ClF2O2. The van der Waals surface area contributed by atoms with E-state index in [1.54, 1.807) is 24.3 Å². The fourth-order valence-corrected chi connectivity index (χ4v) is 2.81. The van der Waals surface area contributed by atoms with Gasteiger partial charge in [-0.25, -0.2) is 8.78 Å². The van der Waals surface area contributed by atoms with Gasteiger partial charge in [-0.05, 0) is 24.1 Å². The van der Waals surface area contributed by atoms with E-state index in [4.69, 9.17) is 16.7 Å². The Bertz CT molecular complexity index is 459. The normalized spacial score (nSPS) is 26.2. The molecule has 1 unspecified atom stereocenters. The molecule has 0 aliphatic heterocycles. The van der Waals surface area contributed by atoms with Crippen molar-refractivity contribution in [2.75, 3.05) is 0 Å².